The van der Waals surface area contributed by atoms with E-state index < -0.39 is 20.0 Å². The Labute approximate surface area is 539 Å². The van der Waals surface area contributed by atoms with E-state index >= 15 is 0 Å². The Morgan fingerprint density at radius 2 is 0.736 bits per heavy atom. The molecule has 0 bridgehead atoms. The van der Waals surface area contributed by atoms with Crippen LogP contribution in [-0.4, -0.2) is 74.3 Å². The van der Waals surface area contributed by atoms with Gasteiger partial charge >= 0.3 is 13.8 Å². The van der Waals surface area contributed by atoms with E-state index in [-0.39, 0.29) is 31.5 Å². The third kappa shape index (κ3) is 67.4. The van der Waals surface area contributed by atoms with E-state index in [1.54, 1.807) is 0 Å². The van der Waals surface area contributed by atoms with Crippen LogP contribution in [0.2, 0.25) is 0 Å². The summed E-state index contributed by atoms with van der Waals surface area (Å²) in [6.07, 6.45) is 89.0. The molecule has 2 N–H and O–H groups in total. The van der Waals surface area contributed by atoms with Crippen molar-refractivity contribution in [1.29, 1.82) is 0 Å². The Morgan fingerprint density at radius 3 is 1.10 bits per heavy atom. The first-order valence-electron chi connectivity index (χ1n) is 36.9. The van der Waals surface area contributed by atoms with E-state index in [0.717, 1.165) is 103 Å². The monoisotopic (exact) mass is 1240 g/mol. The minimum Gasteiger partial charge on any atom is -0.456 e. The van der Waals surface area contributed by atoms with Crippen LogP contribution >= 0.6 is 7.82 Å². The quantitative estimate of drug-likeness (QED) is 0.0205. The molecule has 0 radical (unpaired) electrons. The largest absolute Gasteiger partial charge is 0.472 e. The molecule has 0 rings (SSSR count). The van der Waals surface area contributed by atoms with E-state index in [0.29, 0.717) is 23.9 Å². The number of rotatable bonds is 67. The maximum absolute atomic E-state index is 13.6. The van der Waals surface area contributed by atoms with Crippen LogP contribution in [0.3, 0.4) is 0 Å². The lowest BCUT2D eigenvalue weighted by Gasteiger charge is -2.27. The SMILES string of the molecule is CC/C=C\C/C=C\C/C=C\C/C=C\C/C=C\C/C=C\CCCCCCC(=O)OC(/C=C/CCCCCCCCCCC)C(COP(=O)(O)OCC[N+](C)(C)C)NC(=O)CCCCCCCCCCCCCCCCCCCCCCCCCCCCC. The van der Waals surface area contributed by atoms with Crippen LogP contribution in [0.4, 0.5) is 0 Å². The maximum Gasteiger partial charge on any atom is 0.472 e. The zero-order valence-electron chi connectivity index (χ0n) is 58.0. The summed E-state index contributed by atoms with van der Waals surface area (Å²) in [4.78, 5) is 37.9. The summed E-state index contributed by atoms with van der Waals surface area (Å²) in [6, 6.07) is -0.862. The normalized spacial score (nSPS) is 14.0. The number of carbonyl (C=O) groups is 2. The molecule has 10 heteroatoms. The van der Waals surface area contributed by atoms with Gasteiger partial charge < -0.3 is 19.4 Å². The Kier molecular flexibility index (Phi) is 64.0. The number of quaternary nitrogens is 1. The van der Waals surface area contributed by atoms with Crippen molar-refractivity contribution in [1.82, 2.24) is 5.32 Å². The smallest absolute Gasteiger partial charge is 0.456 e. The van der Waals surface area contributed by atoms with Crippen LogP contribution in [0.25, 0.3) is 0 Å². The van der Waals surface area contributed by atoms with E-state index in [1.165, 1.54) is 199 Å². The van der Waals surface area contributed by atoms with Gasteiger partial charge in [-0.05, 0) is 83.1 Å². The summed E-state index contributed by atoms with van der Waals surface area (Å²) in [6.45, 7) is 6.92. The molecule has 3 atom stereocenters. The number of hydrogen-bond acceptors (Lipinski definition) is 6. The number of hydrogen-bond donors (Lipinski definition) is 2. The Morgan fingerprint density at radius 1 is 0.414 bits per heavy atom. The summed E-state index contributed by atoms with van der Waals surface area (Å²) in [7, 11) is 1.48. The molecule has 0 aliphatic rings. The lowest BCUT2D eigenvalue weighted by atomic mass is 10.0. The van der Waals surface area contributed by atoms with Gasteiger partial charge in [-0.1, -0.05) is 331 Å². The van der Waals surface area contributed by atoms with Gasteiger partial charge in [0.25, 0.3) is 0 Å². The van der Waals surface area contributed by atoms with Gasteiger partial charge in [-0.15, -0.1) is 0 Å². The molecule has 0 heterocycles. The molecular weight excluding hydrogens is 1100 g/mol. The molecule has 1 amide bonds. The molecular formula is C77H142N2O7P+. The number of ether oxygens (including phenoxy) is 1. The predicted octanol–water partition coefficient (Wildman–Crippen LogP) is 23.7. The van der Waals surface area contributed by atoms with Gasteiger partial charge in [0.05, 0.1) is 33.8 Å². The number of carbonyl (C=O) groups excluding carboxylic acids is 2. The van der Waals surface area contributed by atoms with Crippen molar-refractivity contribution in [2.75, 3.05) is 40.9 Å². The first-order chi connectivity index (χ1) is 42.4. The molecule has 0 aromatic carbocycles. The summed E-state index contributed by atoms with van der Waals surface area (Å²) in [5, 5.41) is 3.07. The highest BCUT2D eigenvalue weighted by Crippen LogP contribution is 2.43. The van der Waals surface area contributed by atoms with Gasteiger partial charge in [-0.25, -0.2) is 4.57 Å². The molecule has 0 aromatic heterocycles. The standard InChI is InChI=1S/C77H141N2O7P/c1-7-10-13-16-19-22-25-27-29-31-33-35-37-38-39-40-42-43-45-47-49-51-54-57-60-63-66-69-76(80)78-74(73-85-87(82,83)84-72-71-79(4,5)6)75(68-65-62-59-56-53-24-21-18-15-12-9-3)86-77(81)70-67-64-61-58-55-52-50-48-46-44-41-36-34-32-30-28-26-23-20-17-14-11-8-2/h11,14,20,23,28,30,34,36,44,46,50,52,65,68,74-75H,7-10,12-13,15-19,21-22,24-27,29,31-33,35,37-43,45,47-49,51,53-64,66-67,69-73H2,1-6H3,(H-,78,80,82,83)/p+1/b14-11-,23-20-,30-28-,36-34-,46-44-,52-50-,68-65+. The minimum atomic E-state index is -4.46. The van der Waals surface area contributed by atoms with Crippen molar-refractivity contribution >= 4 is 19.7 Å². The molecule has 9 nitrogen and oxygen atoms in total. The molecule has 0 aliphatic carbocycles. The fourth-order valence-electron chi connectivity index (χ4n) is 10.7. The van der Waals surface area contributed by atoms with Gasteiger partial charge in [-0.3, -0.25) is 18.6 Å². The van der Waals surface area contributed by atoms with E-state index in [4.69, 9.17) is 13.8 Å². The molecule has 87 heavy (non-hydrogen) atoms. The molecule has 0 aromatic rings. The number of amides is 1. The van der Waals surface area contributed by atoms with Gasteiger partial charge in [-0.2, -0.15) is 0 Å². The topological polar surface area (TPSA) is 111 Å². The highest BCUT2D eigenvalue weighted by Gasteiger charge is 2.30. The zero-order chi connectivity index (χ0) is 63.5. The highest BCUT2D eigenvalue weighted by molar-refractivity contribution is 7.47. The van der Waals surface area contributed by atoms with Crippen LogP contribution in [0.15, 0.2) is 85.1 Å². The van der Waals surface area contributed by atoms with Crippen molar-refractivity contribution in [2.45, 2.75) is 354 Å². The second-order valence-electron chi connectivity index (χ2n) is 26.1. The van der Waals surface area contributed by atoms with E-state index in [2.05, 4.69) is 99.0 Å². The van der Waals surface area contributed by atoms with Gasteiger partial charge in [0.2, 0.25) is 5.91 Å². The third-order valence-electron chi connectivity index (χ3n) is 16.3. The molecule has 0 saturated carbocycles. The minimum absolute atomic E-state index is 0.0341. The Balaban J connectivity index is 5.00. The fourth-order valence-corrected chi connectivity index (χ4v) is 11.4. The van der Waals surface area contributed by atoms with Gasteiger partial charge in [0.15, 0.2) is 0 Å². The first-order valence-corrected chi connectivity index (χ1v) is 38.4. The van der Waals surface area contributed by atoms with E-state index in [1.807, 2.05) is 33.3 Å². The van der Waals surface area contributed by atoms with Crippen LogP contribution < -0.4 is 5.32 Å². The number of nitrogens with one attached hydrogen (secondary N) is 1. The number of phosphoric ester groups is 1. The first kappa shape index (κ1) is 84.2. The lowest BCUT2D eigenvalue weighted by Crippen LogP contribution is -2.47. The van der Waals surface area contributed by atoms with Crippen molar-refractivity contribution in [3.63, 3.8) is 0 Å². The van der Waals surface area contributed by atoms with Gasteiger partial charge in [0, 0.05) is 12.8 Å². The summed E-state index contributed by atoms with van der Waals surface area (Å²) >= 11 is 0. The van der Waals surface area contributed by atoms with Crippen molar-refractivity contribution in [2.24, 2.45) is 0 Å². The fraction of sp³-hybridized carbons (Fsp3) is 0.792. The molecule has 506 valence electrons. The number of unbranched alkanes of at least 4 members (excludes halogenated alkanes) is 39. The number of allylic oxidation sites excluding steroid dienone is 13. The van der Waals surface area contributed by atoms with Crippen LogP contribution in [0.5, 0.6) is 0 Å². The maximum atomic E-state index is 13.6. The van der Waals surface area contributed by atoms with Gasteiger partial charge in [0.1, 0.15) is 19.3 Å². The zero-order valence-corrected chi connectivity index (χ0v) is 58.9. The van der Waals surface area contributed by atoms with Crippen LogP contribution in [0, 0.1) is 0 Å². The van der Waals surface area contributed by atoms with Crippen molar-refractivity contribution < 1.29 is 37.3 Å². The predicted molar refractivity (Wildman–Crippen MR) is 378 cm³/mol. The molecule has 3 unspecified atom stereocenters. The molecule has 0 aliphatic heterocycles. The average molecular weight is 1240 g/mol. The average Bonchev–Trinajstić information content (AvgIpc) is 3.70. The van der Waals surface area contributed by atoms with E-state index in [9.17, 15) is 19.0 Å². The summed E-state index contributed by atoms with van der Waals surface area (Å²) < 4.78 is 30.8. The summed E-state index contributed by atoms with van der Waals surface area (Å²) in [5.41, 5.74) is 0. The summed E-state index contributed by atoms with van der Waals surface area (Å²) in [5.74, 6) is -0.525. The van der Waals surface area contributed by atoms with Crippen molar-refractivity contribution in [3.05, 3.63) is 85.1 Å². The number of likely N-dealkylation sites (N-methyl/N-ethyl adjacent to an activating group) is 1. The van der Waals surface area contributed by atoms with Crippen molar-refractivity contribution in [3.8, 4) is 0 Å². The van der Waals surface area contributed by atoms with Crippen LogP contribution in [0.1, 0.15) is 342 Å². The Hall–Kier alpha value is -2.81. The number of esters is 1. The lowest BCUT2D eigenvalue weighted by molar-refractivity contribution is -0.870. The number of phosphoric acid groups is 1. The number of nitrogens with zero attached hydrogens (tertiary/aromatic N) is 1. The highest BCUT2D eigenvalue weighted by atomic mass is 31.2. The Bertz CT molecular complexity index is 1760. The molecule has 0 spiro atoms. The molecule has 0 fully saturated rings. The van der Waals surface area contributed by atoms with Crippen LogP contribution in [-0.2, 0) is 27.9 Å². The third-order valence-corrected chi connectivity index (χ3v) is 17.3. The molecule has 0 saturated heterocycles. The second kappa shape index (κ2) is 66.1. The second-order valence-corrected chi connectivity index (χ2v) is 27.5.